The molecule has 1 aliphatic rings. The Morgan fingerprint density at radius 1 is 0.491 bits per heavy atom. The van der Waals surface area contributed by atoms with Crippen LogP contribution in [0.25, 0.3) is 43.6 Å². The molecule has 262 valence electrons. The summed E-state index contributed by atoms with van der Waals surface area (Å²) >= 11 is 0. The lowest BCUT2D eigenvalue weighted by Crippen LogP contribution is -2.37. The van der Waals surface area contributed by atoms with Gasteiger partial charge in [-0.2, -0.15) is 0 Å². The summed E-state index contributed by atoms with van der Waals surface area (Å²) in [6.45, 7) is 12.1. The van der Waals surface area contributed by atoms with Crippen LogP contribution in [0.5, 0.6) is 0 Å². The highest BCUT2D eigenvalue weighted by molar-refractivity contribution is 7.90. The third-order valence-corrected chi connectivity index (χ3v) is 18.9. The van der Waals surface area contributed by atoms with Gasteiger partial charge in [-0.15, -0.1) is 0 Å². The molecule has 4 aromatic heterocycles. The second-order valence-electron chi connectivity index (χ2n) is 14.9. The topological polar surface area (TPSA) is 58.0 Å². The summed E-state index contributed by atoms with van der Waals surface area (Å²) in [4.78, 5) is 24.6. The molecule has 0 saturated carbocycles. The van der Waals surface area contributed by atoms with Gasteiger partial charge in [0, 0.05) is 94.5 Å². The molecule has 0 bridgehead atoms. The lowest BCUT2D eigenvalue weighted by Gasteiger charge is -2.38. The largest absolute Gasteiger partial charge is 0.341 e. The first-order chi connectivity index (χ1) is 25.6. The van der Waals surface area contributed by atoms with Crippen molar-refractivity contribution < 1.29 is 0 Å². The van der Waals surface area contributed by atoms with Crippen molar-refractivity contribution in [1.82, 2.24) is 19.9 Å². The molecule has 0 aliphatic carbocycles. The maximum absolute atomic E-state index is 4.93. The van der Waals surface area contributed by atoms with Crippen LogP contribution >= 0.6 is 15.2 Å². The molecular formula is C45H43N6P2+. The van der Waals surface area contributed by atoms with Crippen LogP contribution < -0.4 is 31.0 Å². The number of benzene rings is 4. The highest BCUT2D eigenvalue weighted by Gasteiger charge is 2.47. The van der Waals surface area contributed by atoms with E-state index in [1.54, 1.807) is 0 Å². The van der Waals surface area contributed by atoms with E-state index >= 15 is 0 Å². The van der Waals surface area contributed by atoms with Gasteiger partial charge < -0.3 is 9.80 Å². The number of hydrogen-bond acceptors (Lipinski definition) is 6. The fourth-order valence-electron chi connectivity index (χ4n) is 8.23. The Kier molecular flexibility index (Phi) is 8.18. The standard InChI is InChI=1S/C45H43N6P2/c1-28(2)52-42-24-34-30(12-8-16-46-34)20-38(42)50(5)40-22-32-14-10-18-48-36(32)26-44(40)53(7,29(3)4)45-27-37-33(15-11-19-49-37)23-41(45)51(6)39-21-31-13-9-17-47-35(31)25-43(39)52/h8-29H,1-7H3/q+1. The van der Waals surface area contributed by atoms with E-state index in [-0.39, 0.29) is 0 Å². The molecule has 0 N–H and O–H groups in total. The van der Waals surface area contributed by atoms with Gasteiger partial charge in [0.15, 0.2) is 0 Å². The summed E-state index contributed by atoms with van der Waals surface area (Å²) in [6, 6.07) is 36.0. The van der Waals surface area contributed by atoms with Crippen LogP contribution in [-0.4, -0.2) is 52.0 Å². The third-order valence-electron chi connectivity index (χ3n) is 11.3. The molecule has 0 saturated heterocycles. The van der Waals surface area contributed by atoms with E-state index in [2.05, 4.69) is 131 Å². The average Bonchev–Trinajstić information content (AvgIpc) is 3.18. The number of hydrogen-bond donors (Lipinski definition) is 0. The zero-order chi connectivity index (χ0) is 36.6. The van der Waals surface area contributed by atoms with Gasteiger partial charge in [-0.25, -0.2) is 0 Å². The summed E-state index contributed by atoms with van der Waals surface area (Å²) in [6.07, 6.45) is 7.65. The average molecular weight is 730 g/mol. The molecule has 5 heterocycles. The first-order valence-electron chi connectivity index (χ1n) is 18.3. The molecule has 0 radical (unpaired) electrons. The number of rotatable bonds is 2. The molecule has 0 atom stereocenters. The summed E-state index contributed by atoms with van der Waals surface area (Å²) in [5.41, 5.74) is 9.56. The van der Waals surface area contributed by atoms with Crippen LogP contribution in [0.2, 0.25) is 0 Å². The Hall–Kier alpha value is -5.02. The van der Waals surface area contributed by atoms with Gasteiger partial charge in [0.2, 0.25) is 0 Å². The van der Waals surface area contributed by atoms with Gasteiger partial charge in [-0.1, -0.05) is 38.1 Å². The third kappa shape index (κ3) is 5.38. The Balaban J connectivity index is 1.50. The van der Waals surface area contributed by atoms with Crippen LogP contribution in [0.4, 0.5) is 22.7 Å². The minimum atomic E-state index is -2.19. The molecule has 8 heteroatoms. The molecule has 0 unspecified atom stereocenters. The van der Waals surface area contributed by atoms with E-state index in [0.717, 1.165) is 43.6 Å². The fourth-order valence-corrected chi connectivity index (χ4v) is 14.6. The van der Waals surface area contributed by atoms with Crippen LogP contribution in [0, 0.1) is 0 Å². The van der Waals surface area contributed by atoms with E-state index in [9.17, 15) is 0 Å². The van der Waals surface area contributed by atoms with E-state index in [1.165, 1.54) is 44.0 Å². The Morgan fingerprint density at radius 3 is 1.17 bits per heavy atom. The zero-order valence-corrected chi connectivity index (χ0v) is 33.1. The number of nitrogens with zero attached hydrogens (tertiary/aromatic N) is 6. The molecule has 8 aromatic rings. The smallest absolute Gasteiger partial charge is 0.125 e. The number of aromatic nitrogens is 4. The van der Waals surface area contributed by atoms with Crippen LogP contribution in [0.3, 0.4) is 0 Å². The maximum atomic E-state index is 4.93. The lowest BCUT2D eigenvalue weighted by atomic mass is 10.1. The summed E-state index contributed by atoms with van der Waals surface area (Å²) < 4.78 is 0. The highest BCUT2D eigenvalue weighted by atomic mass is 31.2. The predicted octanol–water partition coefficient (Wildman–Crippen LogP) is 9.58. The molecule has 6 nitrogen and oxygen atoms in total. The van der Waals surface area contributed by atoms with Gasteiger partial charge in [0.1, 0.15) is 10.6 Å². The second kappa shape index (κ2) is 12.8. The molecular weight excluding hydrogens is 686 g/mol. The highest BCUT2D eigenvalue weighted by Crippen LogP contribution is 2.62. The molecule has 1 aliphatic heterocycles. The van der Waals surface area contributed by atoms with E-state index < -0.39 is 15.2 Å². The summed E-state index contributed by atoms with van der Waals surface area (Å²) in [5, 5.41) is 9.87. The van der Waals surface area contributed by atoms with Crippen molar-refractivity contribution in [2.45, 2.75) is 39.0 Å². The molecule has 0 spiro atoms. The zero-order valence-electron chi connectivity index (χ0n) is 31.3. The first-order valence-corrected chi connectivity index (χ1v) is 22.0. The lowest BCUT2D eigenvalue weighted by molar-refractivity contribution is 1.09. The molecule has 53 heavy (non-hydrogen) atoms. The van der Waals surface area contributed by atoms with E-state index in [4.69, 9.17) is 19.9 Å². The first kappa shape index (κ1) is 33.8. The second-order valence-corrected chi connectivity index (χ2v) is 21.8. The minimum absolute atomic E-state index is 0.320. The SMILES string of the molecule is CC(C)P1c2cc3ncccc3cc2N(C)c2cc3cccnc3cc2[P+](C)(C(C)C)c2cc3ncccc3cc2N(C)c2cc3cccnc3cc21. The van der Waals surface area contributed by atoms with Crippen molar-refractivity contribution in [2.24, 2.45) is 0 Å². The van der Waals surface area contributed by atoms with E-state index in [1.807, 2.05) is 49.1 Å². The Labute approximate surface area is 313 Å². The monoisotopic (exact) mass is 729 g/mol. The predicted molar refractivity (Wildman–Crippen MR) is 232 cm³/mol. The number of anilines is 4. The Morgan fingerprint density at radius 2 is 0.830 bits per heavy atom. The molecule has 0 amide bonds. The van der Waals surface area contributed by atoms with Crippen molar-refractivity contribution in [3.63, 3.8) is 0 Å². The van der Waals surface area contributed by atoms with Crippen LogP contribution in [-0.2, 0) is 0 Å². The molecule has 9 rings (SSSR count). The maximum Gasteiger partial charge on any atom is 0.125 e. The summed E-state index contributed by atoms with van der Waals surface area (Å²) in [5.74, 6) is 0. The van der Waals surface area contributed by atoms with Gasteiger partial charge in [-0.05, 0) is 88.1 Å². The minimum Gasteiger partial charge on any atom is -0.341 e. The van der Waals surface area contributed by atoms with Gasteiger partial charge >= 0.3 is 0 Å². The van der Waals surface area contributed by atoms with Crippen LogP contribution in [0.1, 0.15) is 27.7 Å². The quantitative estimate of drug-likeness (QED) is 0.165. The van der Waals surface area contributed by atoms with Crippen LogP contribution in [0.15, 0.2) is 122 Å². The van der Waals surface area contributed by atoms with Crippen molar-refractivity contribution in [1.29, 1.82) is 0 Å². The van der Waals surface area contributed by atoms with Crippen molar-refractivity contribution >= 4 is 103 Å². The Bertz CT molecular complexity index is 2550. The normalized spacial score (nSPS) is 17.5. The number of fused-ring (bicyclic) bond motifs is 8. The summed E-state index contributed by atoms with van der Waals surface area (Å²) in [7, 11) is 1.43. The molecule has 0 fully saturated rings. The van der Waals surface area contributed by atoms with Crippen molar-refractivity contribution in [3.8, 4) is 0 Å². The van der Waals surface area contributed by atoms with Gasteiger partial charge in [0.25, 0.3) is 0 Å². The fraction of sp³-hybridized carbons (Fsp3) is 0.200. The molecule has 4 aromatic carbocycles. The van der Waals surface area contributed by atoms with Crippen molar-refractivity contribution in [2.75, 3.05) is 30.6 Å². The van der Waals surface area contributed by atoms with Crippen molar-refractivity contribution in [3.05, 3.63) is 122 Å². The van der Waals surface area contributed by atoms with E-state index in [0.29, 0.717) is 11.3 Å². The van der Waals surface area contributed by atoms with Gasteiger partial charge in [-0.3, -0.25) is 19.9 Å². The number of pyridine rings is 4. The van der Waals surface area contributed by atoms with Gasteiger partial charge in [0.05, 0.1) is 53.0 Å².